The number of nitro groups is 1. The fourth-order valence-corrected chi connectivity index (χ4v) is 7.95. The SMILES string of the molecule is O=C(NS(=O)(=O)c1ccc(NCC2(F)CCN(C3CCOCC3)CC2)c([N+](=O)[O-])c1)c1ccc(C2=CCNCC2)cc1Oc1cnc2[nH]ccc2c1. The Labute approximate surface area is 300 Å². The van der Waals surface area contributed by atoms with Gasteiger partial charge in [0, 0.05) is 63.1 Å². The molecule has 14 nitrogen and oxygen atoms in total. The van der Waals surface area contributed by atoms with Crippen LogP contribution in [0.25, 0.3) is 16.6 Å². The second kappa shape index (κ2) is 15.0. The van der Waals surface area contributed by atoms with E-state index in [9.17, 15) is 23.3 Å². The van der Waals surface area contributed by atoms with Gasteiger partial charge in [0.05, 0.1) is 21.6 Å². The molecule has 1 amide bonds. The van der Waals surface area contributed by atoms with Crippen molar-refractivity contribution in [3.05, 3.63) is 88.2 Å². The summed E-state index contributed by atoms with van der Waals surface area (Å²) in [6, 6.07) is 12.0. The number of amides is 1. The van der Waals surface area contributed by atoms with Crippen LogP contribution in [0.15, 0.2) is 71.9 Å². The number of halogens is 1. The first kappa shape index (κ1) is 35.5. The van der Waals surface area contributed by atoms with E-state index in [1.165, 1.54) is 18.3 Å². The van der Waals surface area contributed by atoms with Gasteiger partial charge in [0.2, 0.25) is 0 Å². The number of sulfonamides is 1. The summed E-state index contributed by atoms with van der Waals surface area (Å²) in [7, 11) is -4.60. The molecule has 0 bridgehead atoms. The summed E-state index contributed by atoms with van der Waals surface area (Å²) in [4.78, 5) is 34.1. The third kappa shape index (κ3) is 7.94. The molecule has 2 aromatic carbocycles. The van der Waals surface area contributed by atoms with Gasteiger partial charge in [-0.3, -0.25) is 19.8 Å². The summed E-state index contributed by atoms with van der Waals surface area (Å²) >= 11 is 0. The van der Waals surface area contributed by atoms with E-state index >= 15 is 4.39 Å². The molecular weight excluding hydrogens is 694 g/mol. The Morgan fingerprint density at radius 1 is 1.13 bits per heavy atom. The molecule has 2 aromatic heterocycles. The van der Waals surface area contributed by atoms with E-state index in [1.807, 2.05) is 16.9 Å². The van der Waals surface area contributed by atoms with E-state index in [1.54, 1.807) is 24.4 Å². The molecule has 0 atom stereocenters. The Morgan fingerprint density at radius 2 is 1.94 bits per heavy atom. The molecule has 4 N–H and O–H groups in total. The largest absolute Gasteiger partial charge is 0.455 e. The summed E-state index contributed by atoms with van der Waals surface area (Å²) in [5.41, 5.74) is 0.265. The molecular formula is C36H40FN7O7S. The molecule has 2 saturated heterocycles. The Kier molecular flexibility index (Phi) is 10.2. The normalized spacial score (nSPS) is 18.4. The number of anilines is 1. The lowest BCUT2D eigenvalue weighted by atomic mass is 9.91. The maximum Gasteiger partial charge on any atom is 0.293 e. The van der Waals surface area contributed by atoms with Gasteiger partial charge in [0.25, 0.3) is 21.6 Å². The maximum absolute atomic E-state index is 15.8. The van der Waals surface area contributed by atoms with Crippen molar-refractivity contribution in [1.82, 2.24) is 24.9 Å². The number of nitrogens with one attached hydrogen (secondary N) is 4. The van der Waals surface area contributed by atoms with Gasteiger partial charge < -0.3 is 25.1 Å². The number of rotatable bonds is 11. The lowest BCUT2D eigenvalue weighted by molar-refractivity contribution is -0.384. The van der Waals surface area contributed by atoms with Gasteiger partial charge in [-0.2, -0.15) is 0 Å². The minimum atomic E-state index is -4.60. The monoisotopic (exact) mass is 733 g/mol. The van der Waals surface area contributed by atoms with E-state index < -0.39 is 37.1 Å². The lowest BCUT2D eigenvalue weighted by Crippen LogP contribution is -2.50. The van der Waals surface area contributed by atoms with Crippen LogP contribution >= 0.6 is 0 Å². The maximum atomic E-state index is 15.8. The Hall–Kier alpha value is -4.90. The fraction of sp³-hybridized carbons (Fsp3) is 0.389. The highest BCUT2D eigenvalue weighted by molar-refractivity contribution is 7.90. The molecule has 0 unspecified atom stereocenters. The summed E-state index contributed by atoms with van der Waals surface area (Å²) in [6.07, 6.45) is 8.38. The molecule has 0 aliphatic carbocycles. The van der Waals surface area contributed by atoms with Crippen LogP contribution in [0, 0.1) is 10.1 Å². The fourth-order valence-electron chi connectivity index (χ4n) is 6.97. The van der Waals surface area contributed by atoms with E-state index in [0.717, 1.165) is 54.5 Å². The lowest BCUT2D eigenvalue weighted by Gasteiger charge is -2.41. The predicted molar refractivity (Wildman–Crippen MR) is 193 cm³/mol. The number of aromatic nitrogens is 2. The van der Waals surface area contributed by atoms with Crippen molar-refractivity contribution in [1.29, 1.82) is 0 Å². The minimum absolute atomic E-state index is 0.0225. The standard InChI is InChI=1S/C36H40FN7O7S/c37-36(10-15-43(16-11-36)27-8-17-50-18-9-27)23-41-31-4-2-29(21-32(31)44(46)47)52(48,49)42-35(45)30-3-1-25(24-5-12-38-13-6-24)20-33(30)51-28-19-26-7-14-39-34(26)40-22-28/h1-5,7,14,19-22,27,38,41H,6,8-13,15-18,23H2,(H,39,40)(H,42,45). The molecule has 7 rings (SSSR count). The summed E-state index contributed by atoms with van der Waals surface area (Å²) in [5.74, 6) is -0.558. The molecule has 0 spiro atoms. The number of hydrogen-bond acceptors (Lipinski definition) is 11. The minimum Gasteiger partial charge on any atom is -0.455 e. The number of H-pyrrole nitrogens is 1. The molecule has 2 fully saturated rings. The number of carbonyl (C=O) groups excluding carboxylic acids is 1. The quantitative estimate of drug-likeness (QED) is 0.118. The predicted octanol–water partition coefficient (Wildman–Crippen LogP) is 5.15. The molecule has 5 heterocycles. The molecule has 16 heteroatoms. The average Bonchev–Trinajstić information content (AvgIpc) is 3.63. The molecule has 3 aliphatic heterocycles. The number of alkyl halides is 1. The number of benzene rings is 2. The summed E-state index contributed by atoms with van der Waals surface area (Å²) in [5, 5.41) is 19.0. The summed E-state index contributed by atoms with van der Waals surface area (Å²) < 4.78 is 56.4. The highest BCUT2D eigenvalue weighted by atomic mass is 32.2. The molecule has 274 valence electrons. The molecule has 0 saturated carbocycles. The van der Waals surface area contributed by atoms with Crippen LogP contribution in [-0.2, 0) is 14.8 Å². The van der Waals surface area contributed by atoms with E-state index in [2.05, 4.69) is 25.5 Å². The van der Waals surface area contributed by atoms with Crippen molar-refractivity contribution in [2.24, 2.45) is 0 Å². The van der Waals surface area contributed by atoms with Crippen molar-refractivity contribution in [3.8, 4) is 11.5 Å². The molecule has 3 aliphatic rings. The van der Waals surface area contributed by atoms with Gasteiger partial charge in [0.1, 0.15) is 28.5 Å². The number of fused-ring (bicyclic) bond motifs is 1. The van der Waals surface area contributed by atoms with Gasteiger partial charge >= 0.3 is 0 Å². The van der Waals surface area contributed by atoms with Crippen LogP contribution in [0.5, 0.6) is 11.5 Å². The van der Waals surface area contributed by atoms with Crippen molar-refractivity contribution in [3.63, 3.8) is 0 Å². The first-order valence-corrected chi connectivity index (χ1v) is 18.8. The third-order valence-corrected chi connectivity index (χ3v) is 11.3. The number of hydrogen-bond donors (Lipinski definition) is 4. The van der Waals surface area contributed by atoms with Crippen LogP contribution in [0.1, 0.15) is 48.0 Å². The topological polar surface area (TPSA) is 181 Å². The van der Waals surface area contributed by atoms with Crippen LogP contribution < -0.4 is 20.1 Å². The molecule has 52 heavy (non-hydrogen) atoms. The van der Waals surface area contributed by atoms with Crippen molar-refractivity contribution in [2.75, 3.05) is 51.3 Å². The Balaban J connectivity index is 1.07. The zero-order valence-electron chi connectivity index (χ0n) is 28.4. The first-order valence-electron chi connectivity index (χ1n) is 17.3. The van der Waals surface area contributed by atoms with E-state index in [-0.39, 0.29) is 36.4 Å². The van der Waals surface area contributed by atoms with Crippen LogP contribution in [0.4, 0.5) is 15.8 Å². The van der Waals surface area contributed by atoms with Crippen LogP contribution in [0.2, 0.25) is 0 Å². The van der Waals surface area contributed by atoms with Gasteiger partial charge in [-0.15, -0.1) is 0 Å². The second-order valence-electron chi connectivity index (χ2n) is 13.3. The number of ether oxygens (including phenoxy) is 2. The first-order chi connectivity index (χ1) is 25.1. The van der Waals surface area contributed by atoms with E-state index in [4.69, 9.17) is 9.47 Å². The number of piperidine rings is 1. The van der Waals surface area contributed by atoms with Crippen LogP contribution in [0.3, 0.4) is 0 Å². The average molecular weight is 734 g/mol. The number of carbonyl (C=O) groups is 1. The zero-order valence-corrected chi connectivity index (χ0v) is 29.2. The van der Waals surface area contributed by atoms with Crippen LogP contribution in [-0.4, -0.2) is 91.8 Å². The van der Waals surface area contributed by atoms with Gasteiger partial charge in [-0.1, -0.05) is 12.1 Å². The highest BCUT2D eigenvalue weighted by Gasteiger charge is 2.37. The molecule has 4 aromatic rings. The number of pyridine rings is 1. The van der Waals surface area contributed by atoms with Crippen molar-refractivity contribution in [2.45, 2.75) is 48.7 Å². The third-order valence-electron chi connectivity index (χ3n) is 9.96. The summed E-state index contributed by atoms with van der Waals surface area (Å²) in [6.45, 7) is 3.85. The van der Waals surface area contributed by atoms with Crippen molar-refractivity contribution >= 4 is 43.9 Å². The van der Waals surface area contributed by atoms with Gasteiger partial charge in [-0.25, -0.2) is 22.5 Å². The zero-order chi connectivity index (χ0) is 36.3. The number of likely N-dealkylation sites (tertiary alicyclic amines) is 1. The Bertz CT molecular complexity index is 2110. The number of aromatic amines is 1. The van der Waals surface area contributed by atoms with Gasteiger partial charge in [-0.05, 0) is 86.2 Å². The smallest absolute Gasteiger partial charge is 0.293 e. The highest BCUT2D eigenvalue weighted by Crippen LogP contribution is 2.34. The second-order valence-corrected chi connectivity index (χ2v) is 15.0. The van der Waals surface area contributed by atoms with Gasteiger partial charge in [0.15, 0.2) is 0 Å². The Morgan fingerprint density at radius 3 is 2.69 bits per heavy atom. The number of nitro benzene ring substituents is 1. The molecule has 0 radical (unpaired) electrons. The number of nitrogens with zero attached hydrogens (tertiary/aromatic N) is 3. The van der Waals surface area contributed by atoms with E-state index in [0.29, 0.717) is 50.3 Å². The van der Waals surface area contributed by atoms with Crippen molar-refractivity contribution < 1.29 is 32.0 Å².